The fraction of sp³-hybridized carbons (Fsp3) is 0.909. The molecule has 7 nitrogen and oxygen atoms in total. The van der Waals surface area contributed by atoms with E-state index in [1.165, 1.54) is 0 Å². The number of hydrogen-bond donors (Lipinski definition) is 3. The molecular weight excluding hydrogens is 431 g/mol. The predicted octanol–water partition coefficient (Wildman–Crippen LogP) is 2.22. The zero-order chi connectivity index (χ0) is 23.7. The van der Waals surface area contributed by atoms with E-state index in [0.29, 0.717) is 24.7 Å². The molecule has 0 saturated carbocycles. The van der Waals surface area contributed by atoms with E-state index in [1.54, 1.807) is 13.8 Å². The van der Waals surface area contributed by atoms with Crippen molar-refractivity contribution in [2.75, 3.05) is 0 Å². The van der Waals surface area contributed by atoms with E-state index in [9.17, 15) is 32.8 Å². The van der Waals surface area contributed by atoms with Crippen LogP contribution in [0.5, 0.6) is 0 Å². The second-order valence-electron chi connectivity index (χ2n) is 9.86. The van der Waals surface area contributed by atoms with Crippen molar-refractivity contribution in [3.63, 3.8) is 0 Å². The summed E-state index contributed by atoms with van der Waals surface area (Å²) < 4.78 is 31.9. The molecule has 0 heterocycles. The first-order valence-corrected chi connectivity index (χ1v) is 12.5. The van der Waals surface area contributed by atoms with Gasteiger partial charge in [0, 0.05) is 0 Å². The van der Waals surface area contributed by atoms with Crippen LogP contribution in [0.4, 0.5) is 0 Å². The van der Waals surface area contributed by atoms with E-state index in [0.717, 1.165) is 25.7 Å². The Hall–Kier alpha value is -0.150. The van der Waals surface area contributed by atoms with Crippen LogP contribution in [0.3, 0.4) is 0 Å². The summed E-state index contributed by atoms with van der Waals surface area (Å²) in [5.41, 5.74) is 0. The third-order valence-corrected chi connectivity index (χ3v) is 7.48. The SMILES string of the molecule is CC(C)CCCC(C)CC(C(=O)O)C(CC(C)CCCC(C)C)(C(=O)O)S(=O)(=O)O.[H-].[Na+]. The summed E-state index contributed by atoms with van der Waals surface area (Å²) in [6.07, 6.45) is 4.20. The van der Waals surface area contributed by atoms with Gasteiger partial charge in [-0.3, -0.25) is 14.1 Å². The average molecular weight is 475 g/mol. The van der Waals surface area contributed by atoms with Crippen LogP contribution in [0.15, 0.2) is 0 Å². The molecule has 0 aromatic carbocycles. The van der Waals surface area contributed by atoms with Gasteiger partial charge in [-0.2, -0.15) is 8.42 Å². The van der Waals surface area contributed by atoms with Crippen molar-refractivity contribution < 1.29 is 63.8 Å². The third-order valence-electron chi connectivity index (χ3n) is 5.93. The van der Waals surface area contributed by atoms with Crippen LogP contribution in [-0.4, -0.2) is 39.9 Å². The molecule has 3 N–H and O–H groups in total. The maximum Gasteiger partial charge on any atom is 1.00 e. The monoisotopic (exact) mass is 474 g/mol. The smallest absolute Gasteiger partial charge is 1.00 e. The molecule has 0 radical (unpaired) electrons. The van der Waals surface area contributed by atoms with Gasteiger partial charge in [-0.25, -0.2) is 0 Å². The summed E-state index contributed by atoms with van der Waals surface area (Å²) in [6.45, 7) is 11.8. The van der Waals surface area contributed by atoms with Crippen LogP contribution in [0.1, 0.15) is 94.3 Å². The molecule has 4 unspecified atom stereocenters. The van der Waals surface area contributed by atoms with Crippen LogP contribution in [-0.2, 0) is 19.7 Å². The number of aliphatic carboxylic acids is 2. The minimum Gasteiger partial charge on any atom is -1.00 e. The Kier molecular flexibility index (Phi) is 15.9. The molecule has 0 amide bonds. The molecule has 0 aliphatic heterocycles. The number of rotatable bonds is 16. The van der Waals surface area contributed by atoms with Crippen molar-refractivity contribution in [1.82, 2.24) is 0 Å². The summed E-state index contributed by atoms with van der Waals surface area (Å²) >= 11 is 0. The molecule has 0 saturated heterocycles. The van der Waals surface area contributed by atoms with Gasteiger partial charge in [-0.05, 0) is 36.5 Å². The minimum absolute atomic E-state index is 0. The first-order chi connectivity index (χ1) is 13.6. The molecule has 0 fully saturated rings. The van der Waals surface area contributed by atoms with Crippen LogP contribution in [0.2, 0.25) is 0 Å². The molecule has 9 heteroatoms. The number of hydrogen-bond acceptors (Lipinski definition) is 4. The van der Waals surface area contributed by atoms with E-state index in [2.05, 4.69) is 27.7 Å². The quantitative estimate of drug-likeness (QED) is 0.231. The van der Waals surface area contributed by atoms with E-state index in [1.807, 2.05) is 0 Å². The van der Waals surface area contributed by atoms with Gasteiger partial charge in [0.1, 0.15) is 0 Å². The largest absolute Gasteiger partial charge is 1.00 e. The first kappa shape index (κ1) is 33.0. The molecule has 0 aliphatic carbocycles. The van der Waals surface area contributed by atoms with Crippen LogP contribution in [0, 0.1) is 29.6 Å². The molecule has 0 aliphatic rings. The van der Waals surface area contributed by atoms with Crippen LogP contribution >= 0.6 is 0 Å². The second-order valence-corrected chi connectivity index (χ2v) is 11.5. The molecule has 4 atom stereocenters. The van der Waals surface area contributed by atoms with Gasteiger partial charge in [0.25, 0.3) is 10.1 Å². The van der Waals surface area contributed by atoms with E-state index in [-0.39, 0.29) is 49.2 Å². The summed E-state index contributed by atoms with van der Waals surface area (Å²) in [4.78, 5) is 24.3. The fourth-order valence-electron chi connectivity index (χ4n) is 4.15. The Bertz CT molecular complexity index is 655. The Labute approximate surface area is 212 Å². The number of carboxylic acid groups (broad SMARTS) is 2. The molecule has 0 bridgehead atoms. The van der Waals surface area contributed by atoms with Gasteiger partial charge in [-0.15, -0.1) is 0 Å². The molecule has 180 valence electrons. The maximum atomic E-state index is 12.4. The Morgan fingerprint density at radius 2 is 1.26 bits per heavy atom. The summed E-state index contributed by atoms with van der Waals surface area (Å²) in [6, 6.07) is 0. The second kappa shape index (κ2) is 14.9. The van der Waals surface area contributed by atoms with Gasteiger partial charge >= 0.3 is 41.5 Å². The summed E-state index contributed by atoms with van der Waals surface area (Å²) in [5.74, 6) is -4.59. The van der Waals surface area contributed by atoms with Gasteiger partial charge in [0.05, 0.1) is 5.92 Å². The standard InChI is InChI=1S/C22H42O7S.Na.H/c1-15(2)9-7-11-17(5)13-19(20(23)24)22(21(25)26,30(27,28)29)14-18(6)12-8-10-16(3)4;;/h15-19H,7-14H2,1-6H3,(H,23,24)(H,25,26)(H,27,28,29);;/q;+1;-1. The van der Waals surface area contributed by atoms with Crippen molar-refractivity contribution in [3.05, 3.63) is 0 Å². The van der Waals surface area contributed by atoms with E-state index in [4.69, 9.17) is 0 Å². The summed E-state index contributed by atoms with van der Waals surface area (Å²) in [5, 5.41) is 19.7. The van der Waals surface area contributed by atoms with Crippen LogP contribution < -0.4 is 29.6 Å². The topological polar surface area (TPSA) is 129 Å². The number of carbonyl (C=O) groups is 2. The Morgan fingerprint density at radius 1 is 0.839 bits per heavy atom. The maximum absolute atomic E-state index is 12.4. The zero-order valence-electron chi connectivity index (χ0n) is 21.4. The minimum atomic E-state index is -5.17. The molecule has 31 heavy (non-hydrogen) atoms. The number of carboxylic acids is 2. The predicted molar refractivity (Wildman–Crippen MR) is 119 cm³/mol. The van der Waals surface area contributed by atoms with Crippen molar-refractivity contribution in [3.8, 4) is 0 Å². The fourth-order valence-corrected chi connectivity index (χ4v) is 5.43. The van der Waals surface area contributed by atoms with Crippen molar-refractivity contribution >= 4 is 22.1 Å². The van der Waals surface area contributed by atoms with Gasteiger partial charge in [0.2, 0.25) is 4.75 Å². The Balaban J connectivity index is -0.00000420. The summed E-state index contributed by atoms with van der Waals surface area (Å²) in [7, 11) is -5.17. The Morgan fingerprint density at radius 3 is 1.58 bits per heavy atom. The molecular formula is C22H43NaO7S. The van der Waals surface area contributed by atoms with Crippen molar-refractivity contribution in [1.29, 1.82) is 0 Å². The van der Waals surface area contributed by atoms with E-state index < -0.39 is 39.1 Å². The van der Waals surface area contributed by atoms with Crippen molar-refractivity contribution in [2.45, 2.75) is 97.7 Å². The van der Waals surface area contributed by atoms with Gasteiger partial charge in [-0.1, -0.05) is 80.1 Å². The van der Waals surface area contributed by atoms with Gasteiger partial charge in [0.15, 0.2) is 0 Å². The molecule has 0 spiro atoms. The molecule has 0 aromatic rings. The molecule has 0 aromatic heterocycles. The van der Waals surface area contributed by atoms with Crippen LogP contribution in [0.25, 0.3) is 0 Å². The normalized spacial score (nSPS) is 16.9. The van der Waals surface area contributed by atoms with Crippen molar-refractivity contribution in [2.24, 2.45) is 29.6 Å². The third kappa shape index (κ3) is 11.0. The average Bonchev–Trinajstić information content (AvgIpc) is 2.55. The zero-order valence-corrected chi connectivity index (χ0v) is 23.2. The van der Waals surface area contributed by atoms with E-state index >= 15 is 0 Å². The van der Waals surface area contributed by atoms with Gasteiger partial charge < -0.3 is 11.6 Å². The first-order valence-electron chi connectivity index (χ1n) is 11.1. The molecule has 0 rings (SSSR count).